The third-order valence-electron chi connectivity index (χ3n) is 0.112. The molecule has 25 valence electrons. The van der Waals surface area contributed by atoms with Gasteiger partial charge in [0.1, 0.15) is 0 Å². The van der Waals surface area contributed by atoms with Crippen LogP contribution in [0.15, 0.2) is 0 Å². The van der Waals surface area contributed by atoms with E-state index >= 15 is 0 Å². The van der Waals surface area contributed by atoms with Crippen LogP contribution in [0.25, 0.3) is 0 Å². The van der Waals surface area contributed by atoms with Gasteiger partial charge in [-0.2, -0.15) is 10.5 Å². The maximum Gasteiger partial charge on any atom is 0.190 e. The van der Waals surface area contributed by atoms with Crippen LogP contribution in [0.1, 0.15) is 0 Å². The van der Waals surface area contributed by atoms with Crippen molar-refractivity contribution in [2.45, 2.75) is 0 Å². The van der Waals surface area contributed by atoms with Gasteiger partial charge in [-0.15, -0.1) is 0 Å². The molecule has 0 amide bonds. The van der Waals surface area contributed by atoms with Gasteiger partial charge in [0.2, 0.25) is 0 Å². The Kier molecular flexibility index (Phi) is 14.9. The number of nitrogens with zero attached hydrogens (tertiary/aromatic N) is 2. The molecular weight excluding hydrogens is 152 g/mol. The predicted octanol–water partition coefficient (Wildman–Crippen LogP) is -0.843. The standard InChI is InChI=1S/C2HN3.Rb/c3-1-5-2-4;/h5H;. The average molecular weight is 153 g/mol. The molecule has 0 aromatic heterocycles. The van der Waals surface area contributed by atoms with Crippen molar-refractivity contribution in [1.82, 2.24) is 5.32 Å². The minimum absolute atomic E-state index is 0. The van der Waals surface area contributed by atoms with Crippen molar-refractivity contribution in [3.8, 4) is 12.4 Å². The molecule has 0 fully saturated rings. The second-order valence-corrected chi connectivity index (χ2v) is 0.349. The summed E-state index contributed by atoms with van der Waals surface area (Å²) in [5.74, 6) is 0. The average Bonchev–Trinajstić information content (AvgIpc) is 1.41. The van der Waals surface area contributed by atoms with E-state index in [-0.39, 0.29) is 58.2 Å². The quantitative estimate of drug-likeness (QED) is 0.364. The van der Waals surface area contributed by atoms with Gasteiger partial charge < -0.3 is 0 Å². The largest absolute Gasteiger partial charge is 0.229 e. The van der Waals surface area contributed by atoms with E-state index in [1.165, 1.54) is 12.4 Å². The maximum absolute atomic E-state index is 7.48. The van der Waals surface area contributed by atoms with Crippen molar-refractivity contribution in [3.63, 3.8) is 0 Å². The Labute approximate surface area is 84.7 Å². The molecule has 0 aliphatic carbocycles. The van der Waals surface area contributed by atoms with Gasteiger partial charge in [-0.25, -0.2) is 5.32 Å². The summed E-state index contributed by atoms with van der Waals surface area (Å²) in [6.45, 7) is 0. The van der Waals surface area contributed by atoms with Crippen molar-refractivity contribution in [2.24, 2.45) is 0 Å². The van der Waals surface area contributed by atoms with Gasteiger partial charge in [-0.05, 0) is 0 Å². The van der Waals surface area contributed by atoms with Crippen molar-refractivity contribution >= 4 is 58.2 Å². The molecule has 0 atom stereocenters. The first-order chi connectivity index (χ1) is 2.41. The summed E-state index contributed by atoms with van der Waals surface area (Å²) in [7, 11) is 0. The zero-order valence-electron chi connectivity index (χ0n) is 3.39. The Morgan fingerprint density at radius 3 is 1.50 bits per heavy atom. The molecule has 0 heterocycles. The molecule has 0 saturated carbocycles. The number of rotatable bonds is 0. The maximum atomic E-state index is 7.48. The van der Waals surface area contributed by atoms with Crippen LogP contribution in [0, 0.1) is 22.9 Å². The van der Waals surface area contributed by atoms with Crippen LogP contribution in [0.2, 0.25) is 0 Å². The fourth-order valence-electron chi connectivity index (χ4n) is 0.0250. The van der Waals surface area contributed by atoms with E-state index in [0.717, 1.165) is 0 Å². The zero-order chi connectivity index (χ0) is 4.12. The van der Waals surface area contributed by atoms with Crippen molar-refractivity contribution < 1.29 is 0 Å². The summed E-state index contributed by atoms with van der Waals surface area (Å²) in [4.78, 5) is 0. The van der Waals surface area contributed by atoms with E-state index in [4.69, 9.17) is 10.5 Å². The van der Waals surface area contributed by atoms with Crippen LogP contribution in [0.3, 0.4) is 0 Å². The Morgan fingerprint density at radius 1 is 1.17 bits per heavy atom. The summed E-state index contributed by atoms with van der Waals surface area (Å²) >= 11 is 0. The third-order valence-corrected chi connectivity index (χ3v) is 0.112. The van der Waals surface area contributed by atoms with E-state index < -0.39 is 0 Å². The molecule has 0 unspecified atom stereocenters. The molecule has 0 spiro atoms. The van der Waals surface area contributed by atoms with Crippen molar-refractivity contribution in [2.75, 3.05) is 0 Å². The number of hydrogen-bond donors (Lipinski definition) is 1. The summed E-state index contributed by atoms with van der Waals surface area (Å²) in [5, 5.41) is 16.7. The van der Waals surface area contributed by atoms with E-state index in [1.54, 1.807) is 5.32 Å². The van der Waals surface area contributed by atoms with E-state index in [1.807, 2.05) is 0 Å². The first-order valence-corrected chi connectivity index (χ1v) is 0.947. The summed E-state index contributed by atoms with van der Waals surface area (Å²) in [5.41, 5.74) is 0. The van der Waals surface area contributed by atoms with Crippen LogP contribution in [0.5, 0.6) is 0 Å². The fourth-order valence-corrected chi connectivity index (χ4v) is 0.0250. The van der Waals surface area contributed by atoms with E-state index in [2.05, 4.69) is 0 Å². The van der Waals surface area contributed by atoms with Crippen molar-refractivity contribution in [1.29, 1.82) is 10.5 Å². The second kappa shape index (κ2) is 9.14. The van der Waals surface area contributed by atoms with Crippen LogP contribution < -0.4 is 5.32 Å². The monoisotopic (exact) mass is 152 g/mol. The minimum Gasteiger partial charge on any atom is -0.229 e. The molecule has 0 aromatic carbocycles. The molecule has 0 bridgehead atoms. The molecule has 0 aromatic rings. The molecule has 1 N–H and O–H groups in total. The van der Waals surface area contributed by atoms with Gasteiger partial charge in [0.15, 0.2) is 12.4 Å². The van der Waals surface area contributed by atoms with Gasteiger partial charge >= 0.3 is 0 Å². The first-order valence-electron chi connectivity index (χ1n) is 0.947. The SMILES string of the molecule is N#CNC#N.[Rb]. The Morgan fingerprint density at radius 2 is 1.50 bits per heavy atom. The van der Waals surface area contributed by atoms with Crippen LogP contribution in [0.4, 0.5) is 0 Å². The topological polar surface area (TPSA) is 59.6 Å². The van der Waals surface area contributed by atoms with Crippen molar-refractivity contribution in [3.05, 3.63) is 0 Å². The molecule has 4 heteroatoms. The number of nitriles is 2. The minimum atomic E-state index is 0. The Bertz CT molecular complexity index is 73.9. The molecular formula is C2HN3Rb. The third kappa shape index (κ3) is 8.82. The van der Waals surface area contributed by atoms with Crippen LogP contribution in [-0.4, -0.2) is 58.2 Å². The Balaban J connectivity index is 0. The van der Waals surface area contributed by atoms with Gasteiger partial charge in [0, 0.05) is 58.2 Å². The smallest absolute Gasteiger partial charge is 0.190 e. The van der Waals surface area contributed by atoms with Gasteiger partial charge in [-0.3, -0.25) is 0 Å². The molecule has 0 aliphatic rings. The van der Waals surface area contributed by atoms with E-state index in [9.17, 15) is 0 Å². The van der Waals surface area contributed by atoms with E-state index in [0.29, 0.717) is 0 Å². The summed E-state index contributed by atoms with van der Waals surface area (Å²) in [6.07, 6.45) is 2.81. The van der Waals surface area contributed by atoms with Crippen LogP contribution in [-0.2, 0) is 0 Å². The molecule has 0 saturated heterocycles. The van der Waals surface area contributed by atoms with Gasteiger partial charge in [0.25, 0.3) is 0 Å². The second-order valence-electron chi connectivity index (χ2n) is 0.349. The number of nitrogens with one attached hydrogen (secondary N) is 1. The molecule has 6 heavy (non-hydrogen) atoms. The Hall–Kier alpha value is 0.585. The molecule has 1 radical (unpaired) electrons. The normalized spacial score (nSPS) is 3.00. The number of hydrogen-bond acceptors (Lipinski definition) is 3. The van der Waals surface area contributed by atoms with Crippen LogP contribution >= 0.6 is 0 Å². The molecule has 3 nitrogen and oxygen atoms in total. The fraction of sp³-hybridized carbons (Fsp3) is 0. The summed E-state index contributed by atoms with van der Waals surface area (Å²) in [6, 6.07) is 0. The zero-order valence-corrected chi connectivity index (χ0v) is 8.31. The van der Waals surface area contributed by atoms with Gasteiger partial charge in [-0.1, -0.05) is 0 Å². The predicted molar refractivity (Wildman–Crippen MR) is 20.1 cm³/mol. The van der Waals surface area contributed by atoms with Gasteiger partial charge in [0.05, 0.1) is 0 Å². The molecule has 0 rings (SSSR count). The first kappa shape index (κ1) is 9.77. The summed E-state index contributed by atoms with van der Waals surface area (Å²) < 4.78 is 0. The molecule has 0 aliphatic heterocycles.